The summed E-state index contributed by atoms with van der Waals surface area (Å²) >= 11 is 1.63. The van der Waals surface area contributed by atoms with Crippen LogP contribution in [-0.4, -0.2) is 29.9 Å². The minimum atomic E-state index is -0.596. The van der Waals surface area contributed by atoms with Crippen molar-refractivity contribution in [3.05, 3.63) is 60.1 Å². The Kier molecular flexibility index (Phi) is 6.93. The van der Waals surface area contributed by atoms with E-state index in [2.05, 4.69) is 10.6 Å². The highest BCUT2D eigenvalue weighted by Crippen LogP contribution is 2.12. The Morgan fingerprint density at radius 3 is 2.50 bits per heavy atom. The summed E-state index contributed by atoms with van der Waals surface area (Å²) in [6.07, 6.45) is 3.96. The summed E-state index contributed by atoms with van der Waals surface area (Å²) in [5.74, 6) is 0.401. The minimum absolute atomic E-state index is 0.129. The van der Waals surface area contributed by atoms with Gasteiger partial charge in [-0.25, -0.2) is 0 Å². The molecule has 0 aliphatic rings. The summed E-state index contributed by atoms with van der Waals surface area (Å²) in [7, 11) is 0. The molecule has 0 spiro atoms. The summed E-state index contributed by atoms with van der Waals surface area (Å²) in [6.45, 7) is 1.92. The number of benzene rings is 1. The average molecular weight is 346 g/mol. The predicted molar refractivity (Wildman–Crippen MR) is 96.0 cm³/mol. The Morgan fingerprint density at radius 1 is 1.12 bits per heavy atom. The third-order valence-corrected chi connectivity index (χ3v) is 4.28. The molecule has 0 aliphatic carbocycles. The number of thioether (sulfide) groups is 1. The lowest BCUT2D eigenvalue weighted by molar-refractivity contribution is -0.123. The molecule has 1 aromatic carbocycles. The van der Waals surface area contributed by atoms with E-state index in [4.69, 9.17) is 4.42 Å². The standard InChI is InChI=1S/C18H22N2O3S/c1-13(14-7-4-3-5-8-14)19-17(21)15(10-12-24-2)20-18(22)16-9-6-11-23-16/h3-9,11,13,15H,10,12H2,1-2H3,(H,19,21)(H,20,22). The van der Waals surface area contributed by atoms with Crippen molar-refractivity contribution in [2.24, 2.45) is 0 Å². The van der Waals surface area contributed by atoms with E-state index in [1.54, 1.807) is 23.9 Å². The SMILES string of the molecule is CSCCC(NC(=O)c1ccco1)C(=O)NC(C)c1ccccc1. The number of hydrogen-bond donors (Lipinski definition) is 2. The molecule has 2 unspecified atom stereocenters. The zero-order chi connectivity index (χ0) is 17.4. The Balaban J connectivity index is 2.00. The van der Waals surface area contributed by atoms with Crippen molar-refractivity contribution in [3.63, 3.8) is 0 Å². The van der Waals surface area contributed by atoms with Crippen LogP contribution in [0.5, 0.6) is 0 Å². The molecule has 1 heterocycles. The van der Waals surface area contributed by atoms with Gasteiger partial charge in [0.2, 0.25) is 5.91 Å². The molecule has 0 saturated heterocycles. The van der Waals surface area contributed by atoms with Gasteiger partial charge in [0.05, 0.1) is 12.3 Å². The van der Waals surface area contributed by atoms with Gasteiger partial charge < -0.3 is 15.1 Å². The van der Waals surface area contributed by atoms with Crippen LogP contribution in [0.25, 0.3) is 0 Å². The van der Waals surface area contributed by atoms with E-state index in [0.717, 1.165) is 11.3 Å². The van der Waals surface area contributed by atoms with Crippen molar-refractivity contribution in [3.8, 4) is 0 Å². The van der Waals surface area contributed by atoms with E-state index in [9.17, 15) is 9.59 Å². The van der Waals surface area contributed by atoms with E-state index in [1.807, 2.05) is 43.5 Å². The first-order valence-corrected chi connectivity index (χ1v) is 9.20. The lowest BCUT2D eigenvalue weighted by Crippen LogP contribution is -2.47. The lowest BCUT2D eigenvalue weighted by atomic mass is 10.1. The van der Waals surface area contributed by atoms with Crippen molar-refractivity contribution >= 4 is 23.6 Å². The molecule has 0 aliphatic heterocycles. The van der Waals surface area contributed by atoms with E-state index in [-0.39, 0.29) is 23.6 Å². The maximum absolute atomic E-state index is 12.6. The summed E-state index contributed by atoms with van der Waals surface area (Å²) in [5.41, 5.74) is 1.02. The van der Waals surface area contributed by atoms with Gasteiger partial charge in [-0.1, -0.05) is 30.3 Å². The molecule has 2 amide bonds. The van der Waals surface area contributed by atoms with Crippen LogP contribution in [0.1, 0.15) is 35.5 Å². The van der Waals surface area contributed by atoms with Crippen LogP contribution in [0, 0.1) is 0 Å². The van der Waals surface area contributed by atoms with Gasteiger partial charge in [-0.2, -0.15) is 11.8 Å². The Hall–Kier alpha value is -2.21. The second-order valence-electron chi connectivity index (χ2n) is 5.43. The Morgan fingerprint density at radius 2 is 1.88 bits per heavy atom. The highest BCUT2D eigenvalue weighted by Gasteiger charge is 2.23. The van der Waals surface area contributed by atoms with E-state index >= 15 is 0 Å². The fourth-order valence-corrected chi connectivity index (χ4v) is 2.75. The number of furan rings is 1. The molecule has 128 valence electrons. The molecular weight excluding hydrogens is 324 g/mol. The third-order valence-electron chi connectivity index (χ3n) is 3.64. The maximum Gasteiger partial charge on any atom is 0.287 e. The molecule has 0 radical (unpaired) electrons. The summed E-state index contributed by atoms with van der Waals surface area (Å²) < 4.78 is 5.08. The first-order chi connectivity index (χ1) is 11.6. The van der Waals surface area contributed by atoms with Gasteiger partial charge >= 0.3 is 0 Å². The van der Waals surface area contributed by atoms with Crippen LogP contribution >= 0.6 is 11.8 Å². The van der Waals surface area contributed by atoms with E-state index < -0.39 is 6.04 Å². The molecule has 0 saturated carbocycles. The van der Waals surface area contributed by atoms with Crippen molar-refractivity contribution in [2.45, 2.75) is 25.4 Å². The first kappa shape index (κ1) is 18.1. The van der Waals surface area contributed by atoms with Gasteiger partial charge in [-0.15, -0.1) is 0 Å². The quantitative estimate of drug-likeness (QED) is 0.771. The lowest BCUT2D eigenvalue weighted by Gasteiger charge is -2.21. The number of hydrogen-bond acceptors (Lipinski definition) is 4. The smallest absolute Gasteiger partial charge is 0.287 e. The number of carbonyl (C=O) groups is 2. The van der Waals surface area contributed by atoms with Crippen molar-refractivity contribution in [2.75, 3.05) is 12.0 Å². The van der Waals surface area contributed by atoms with Crippen molar-refractivity contribution in [1.82, 2.24) is 10.6 Å². The van der Waals surface area contributed by atoms with Crippen LogP contribution in [0.15, 0.2) is 53.1 Å². The zero-order valence-electron chi connectivity index (χ0n) is 13.8. The molecular formula is C18H22N2O3S. The van der Waals surface area contributed by atoms with Crippen LogP contribution in [0.3, 0.4) is 0 Å². The fourth-order valence-electron chi connectivity index (χ4n) is 2.28. The summed E-state index contributed by atoms with van der Waals surface area (Å²) in [6, 6.07) is 12.2. The third kappa shape index (κ3) is 5.16. The molecule has 2 rings (SSSR count). The summed E-state index contributed by atoms with van der Waals surface area (Å²) in [5, 5.41) is 5.72. The zero-order valence-corrected chi connectivity index (χ0v) is 14.6. The molecule has 0 fully saturated rings. The monoisotopic (exact) mass is 346 g/mol. The van der Waals surface area contributed by atoms with Gasteiger partial charge in [-0.05, 0) is 43.0 Å². The van der Waals surface area contributed by atoms with Gasteiger partial charge in [0.15, 0.2) is 5.76 Å². The Bertz CT molecular complexity index is 644. The molecule has 5 nitrogen and oxygen atoms in total. The van der Waals surface area contributed by atoms with Gasteiger partial charge in [0.25, 0.3) is 5.91 Å². The van der Waals surface area contributed by atoms with Crippen LogP contribution in [0.4, 0.5) is 0 Å². The Labute approximate surface area is 146 Å². The highest BCUT2D eigenvalue weighted by atomic mass is 32.2. The van der Waals surface area contributed by atoms with Crippen LogP contribution < -0.4 is 10.6 Å². The van der Waals surface area contributed by atoms with Gasteiger partial charge in [0.1, 0.15) is 6.04 Å². The number of carbonyl (C=O) groups excluding carboxylic acids is 2. The normalized spacial score (nSPS) is 13.1. The highest BCUT2D eigenvalue weighted by molar-refractivity contribution is 7.98. The summed E-state index contributed by atoms with van der Waals surface area (Å²) in [4.78, 5) is 24.7. The fraction of sp³-hybridized carbons (Fsp3) is 0.333. The molecule has 6 heteroatoms. The molecule has 2 atom stereocenters. The molecule has 2 N–H and O–H groups in total. The number of rotatable bonds is 8. The number of nitrogens with one attached hydrogen (secondary N) is 2. The van der Waals surface area contributed by atoms with E-state index in [1.165, 1.54) is 6.26 Å². The number of amides is 2. The van der Waals surface area contributed by atoms with Gasteiger partial charge in [-0.3, -0.25) is 9.59 Å². The van der Waals surface area contributed by atoms with Crippen molar-refractivity contribution in [1.29, 1.82) is 0 Å². The largest absolute Gasteiger partial charge is 0.459 e. The van der Waals surface area contributed by atoms with Gasteiger partial charge in [0, 0.05) is 0 Å². The molecule has 0 bridgehead atoms. The predicted octanol–water partition coefficient (Wildman–Crippen LogP) is 3.01. The topological polar surface area (TPSA) is 71.3 Å². The van der Waals surface area contributed by atoms with Crippen LogP contribution in [-0.2, 0) is 4.79 Å². The first-order valence-electron chi connectivity index (χ1n) is 7.80. The second kappa shape index (κ2) is 9.17. The second-order valence-corrected chi connectivity index (χ2v) is 6.41. The maximum atomic E-state index is 12.6. The van der Waals surface area contributed by atoms with Crippen molar-refractivity contribution < 1.29 is 14.0 Å². The molecule has 1 aromatic heterocycles. The minimum Gasteiger partial charge on any atom is -0.459 e. The molecule has 24 heavy (non-hydrogen) atoms. The molecule has 2 aromatic rings. The van der Waals surface area contributed by atoms with E-state index in [0.29, 0.717) is 6.42 Å². The van der Waals surface area contributed by atoms with Crippen LogP contribution in [0.2, 0.25) is 0 Å². The average Bonchev–Trinajstić information content (AvgIpc) is 3.13.